The summed E-state index contributed by atoms with van der Waals surface area (Å²) in [4.78, 5) is 12.3. The van der Waals surface area contributed by atoms with Crippen LogP contribution in [0, 0.1) is 19.1 Å². The van der Waals surface area contributed by atoms with Gasteiger partial charge in [0.2, 0.25) is 0 Å². The molecule has 65 heavy (non-hydrogen) atoms. The van der Waals surface area contributed by atoms with Crippen molar-refractivity contribution < 1.29 is 21.1 Å². The van der Waals surface area contributed by atoms with Crippen LogP contribution in [0.15, 0.2) is 200 Å². The molecule has 0 unspecified atom stereocenters. The van der Waals surface area contributed by atoms with Crippen molar-refractivity contribution in [3.05, 3.63) is 218 Å². The second kappa shape index (κ2) is 17.1. The van der Waals surface area contributed by atoms with Gasteiger partial charge in [0, 0.05) is 28.4 Å². The number of anilines is 6. The Kier molecular flexibility index (Phi) is 11.0. The third kappa shape index (κ3) is 7.50. The molecule has 3 heterocycles. The van der Waals surface area contributed by atoms with Gasteiger partial charge in [-0.05, 0) is 91.2 Å². The first-order chi connectivity index (χ1) is 31.3. The van der Waals surface area contributed by atoms with Crippen molar-refractivity contribution in [2.45, 2.75) is 33.2 Å². The van der Waals surface area contributed by atoms with Crippen molar-refractivity contribution in [1.29, 1.82) is 0 Å². The van der Waals surface area contributed by atoms with Crippen molar-refractivity contribution in [2.24, 2.45) is 0 Å². The van der Waals surface area contributed by atoms with E-state index in [4.69, 9.17) is 4.98 Å². The summed E-state index contributed by atoms with van der Waals surface area (Å²) in [6.45, 7) is 9.71. The van der Waals surface area contributed by atoms with E-state index in [9.17, 15) is 0 Å². The van der Waals surface area contributed by atoms with Crippen molar-refractivity contribution in [3.8, 4) is 39.2 Å². The van der Waals surface area contributed by atoms with E-state index in [-0.39, 0.29) is 26.6 Å². The molecule has 0 radical (unpaired) electrons. The van der Waals surface area contributed by atoms with Crippen molar-refractivity contribution >= 4 is 55.9 Å². The molecule has 0 spiro atoms. The Balaban J connectivity index is 0.00000498. The minimum atomic E-state index is -0.0785. The maximum Gasteiger partial charge on any atom is 2.00 e. The number of benzene rings is 8. The molecule has 8 aromatic carbocycles. The Morgan fingerprint density at radius 1 is 0.538 bits per heavy atom. The van der Waals surface area contributed by atoms with Crippen LogP contribution in [0.1, 0.15) is 26.3 Å². The number of para-hydroxylation sites is 4. The maximum absolute atomic E-state index is 5.05. The SMILES string of the molecule is Cc1ccccc1-c1ccnc(-n2c3[c-]c(N(c4[c-]c(N5CN(C(C)(C)C)c6ccccc65)ccc4)c4c(-c5ccccc5)cccc4-c4ccccc4)ccc3c3ccccc32)c1.[Pt+2]. The first-order valence-electron chi connectivity index (χ1n) is 22.0. The third-order valence-electron chi connectivity index (χ3n) is 12.5. The Labute approximate surface area is 396 Å². The maximum atomic E-state index is 5.05. The molecule has 0 amide bonds. The molecule has 0 aliphatic carbocycles. The Morgan fingerprint density at radius 2 is 1.15 bits per heavy atom. The van der Waals surface area contributed by atoms with E-state index in [1.165, 1.54) is 22.5 Å². The first kappa shape index (κ1) is 41.8. The molecule has 0 saturated heterocycles. The molecule has 0 atom stereocenters. The summed E-state index contributed by atoms with van der Waals surface area (Å²) in [5, 5.41) is 2.25. The molecule has 1 aliphatic rings. The standard InChI is InChI=1S/C59H47N5.Pt/c1-41-19-11-12-26-48(41)44-35-36-60-57(37-44)64-53-30-14-13-27-51(53)52-34-33-47(39-56(52)64)63(58-49(42-20-7-5-8-21-42)28-18-29-50(58)43-22-9-6-10-23-43)46-25-17-24-45(38-46)61-40-62(59(2,3)4)55-32-16-15-31-54(55)61;/h5-37H,40H2,1-4H3;/q-2;+2. The first-order valence-corrected chi connectivity index (χ1v) is 22.0. The fourth-order valence-corrected chi connectivity index (χ4v) is 9.44. The van der Waals surface area contributed by atoms with Crippen LogP contribution in [0.2, 0.25) is 0 Å². The summed E-state index contributed by atoms with van der Waals surface area (Å²) < 4.78 is 2.28. The predicted octanol–water partition coefficient (Wildman–Crippen LogP) is 15.3. The summed E-state index contributed by atoms with van der Waals surface area (Å²) in [6, 6.07) is 77.3. The summed E-state index contributed by atoms with van der Waals surface area (Å²) in [7, 11) is 0. The average Bonchev–Trinajstić information content (AvgIpc) is 3.89. The van der Waals surface area contributed by atoms with Crippen molar-refractivity contribution in [3.63, 3.8) is 0 Å². The molecule has 1 aliphatic heterocycles. The van der Waals surface area contributed by atoms with E-state index in [0.717, 1.165) is 78.2 Å². The molecule has 2 aromatic heterocycles. The Morgan fingerprint density at radius 3 is 1.88 bits per heavy atom. The van der Waals surface area contributed by atoms with Crippen molar-refractivity contribution in [1.82, 2.24) is 9.55 Å². The second-order valence-corrected chi connectivity index (χ2v) is 17.5. The molecule has 318 valence electrons. The third-order valence-corrected chi connectivity index (χ3v) is 12.5. The Hall–Kier alpha value is -7.20. The smallest absolute Gasteiger partial charge is 0.357 e. The van der Waals surface area contributed by atoms with Crippen molar-refractivity contribution in [2.75, 3.05) is 21.4 Å². The van der Waals surface area contributed by atoms with E-state index in [0.29, 0.717) is 6.67 Å². The van der Waals surface area contributed by atoms with Crippen LogP contribution in [-0.2, 0) is 21.1 Å². The van der Waals surface area contributed by atoms with Gasteiger partial charge in [-0.25, -0.2) is 4.98 Å². The van der Waals surface area contributed by atoms with Gasteiger partial charge in [0.25, 0.3) is 0 Å². The zero-order chi connectivity index (χ0) is 43.4. The fourth-order valence-electron chi connectivity index (χ4n) is 9.44. The monoisotopic (exact) mass is 1020 g/mol. The van der Waals surface area contributed by atoms with Gasteiger partial charge in [0.1, 0.15) is 5.82 Å². The van der Waals surface area contributed by atoms with Gasteiger partial charge in [0.15, 0.2) is 0 Å². The van der Waals surface area contributed by atoms with Crippen LogP contribution in [-0.4, -0.2) is 21.8 Å². The average molecular weight is 1020 g/mol. The minimum Gasteiger partial charge on any atom is -0.357 e. The largest absolute Gasteiger partial charge is 2.00 e. The molecule has 0 saturated carbocycles. The molecular weight excluding hydrogens is 974 g/mol. The van der Waals surface area contributed by atoms with Crippen LogP contribution in [0.4, 0.5) is 34.1 Å². The van der Waals surface area contributed by atoms with E-state index in [1.54, 1.807) is 0 Å². The van der Waals surface area contributed by atoms with Gasteiger partial charge in [0.05, 0.1) is 23.7 Å². The molecule has 0 bridgehead atoms. The quantitative estimate of drug-likeness (QED) is 0.142. The Bertz CT molecular complexity index is 3280. The zero-order valence-corrected chi connectivity index (χ0v) is 39.1. The number of aromatic nitrogens is 2. The molecule has 0 fully saturated rings. The number of nitrogens with zero attached hydrogens (tertiary/aromatic N) is 5. The van der Waals surface area contributed by atoms with E-state index >= 15 is 0 Å². The van der Waals surface area contributed by atoms with E-state index in [1.807, 2.05) is 6.20 Å². The van der Waals surface area contributed by atoms with Gasteiger partial charge >= 0.3 is 21.1 Å². The van der Waals surface area contributed by atoms with Crippen LogP contribution >= 0.6 is 0 Å². The van der Waals surface area contributed by atoms with E-state index < -0.39 is 0 Å². The molecule has 5 nitrogen and oxygen atoms in total. The van der Waals surface area contributed by atoms with Crippen LogP contribution in [0.5, 0.6) is 0 Å². The molecule has 6 heteroatoms. The zero-order valence-electron chi connectivity index (χ0n) is 36.8. The fraction of sp³-hybridized carbons (Fsp3) is 0.102. The number of hydrogen-bond acceptors (Lipinski definition) is 4. The van der Waals surface area contributed by atoms with Gasteiger partial charge in [-0.15, -0.1) is 35.7 Å². The summed E-state index contributed by atoms with van der Waals surface area (Å²) in [5.41, 5.74) is 16.2. The normalized spacial score (nSPS) is 12.4. The molecule has 0 N–H and O–H groups in total. The number of aryl methyl sites for hydroxylation is 1. The van der Waals surface area contributed by atoms with Gasteiger partial charge < -0.3 is 19.3 Å². The van der Waals surface area contributed by atoms with Gasteiger partial charge in [-0.2, -0.15) is 12.1 Å². The second-order valence-electron chi connectivity index (χ2n) is 17.5. The molecule has 11 rings (SSSR count). The number of pyridine rings is 1. The number of fused-ring (bicyclic) bond motifs is 4. The summed E-state index contributed by atoms with van der Waals surface area (Å²) in [6.07, 6.45) is 1.92. The number of hydrogen-bond donors (Lipinski definition) is 0. The topological polar surface area (TPSA) is 27.5 Å². The number of rotatable bonds is 8. The van der Waals surface area contributed by atoms with Crippen LogP contribution in [0.25, 0.3) is 61.0 Å². The van der Waals surface area contributed by atoms with Crippen LogP contribution in [0.3, 0.4) is 0 Å². The molecular formula is C59H47N5Pt. The van der Waals surface area contributed by atoms with Gasteiger partial charge in [-0.3, -0.25) is 0 Å². The van der Waals surface area contributed by atoms with Gasteiger partial charge in [-0.1, -0.05) is 156 Å². The van der Waals surface area contributed by atoms with Crippen LogP contribution < -0.4 is 14.7 Å². The summed E-state index contributed by atoms with van der Waals surface area (Å²) in [5.74, 6) is 0.839. The summed E-state index contributed by atoms with van der Waals surface area (Å²) >= 11 is 0. The predicted molar refractivity (Wildman–Crippen MR) is 268 cm³/mol. The van der Waals surface area contributed by atoms with E-state index in [2.05, 4.69) is 253 Å². The minimum absolute atomic E-state index is 0. The molecule has 10 aromatic rings.